The van der Waals surface area contributed by atoms with Crippen molar-refractivity contribution in [3.63, 3.8) is 0 Å². The Hall–Kier alpha value is 0.310. The normalized spacial score (nSPS) is 28.0. The molecule has 90 valence electrons. The third-order valence-electron chi connectivity index (χ3n) is 3.06. The summed E-state index contributed by atoms with van der Waals surface area (Å²) in [5.74, 6) is 0. The third-order valence-corrected chi connectivity index (χ3v) is 4.51. The summed E-state index contributed by atoms with van der Waals surface area (Å²) < 4.78 is 0. The fourth-order valence-corrected chi connectivity index (χ4v) is 3.77. The molecule has 1 fully saturated rings. The lowest BCUT2D eigenvalue weighted by atomic mass is 10.1. The highest BCUT2D eigenvalue weighted by atomic mass is 32.2. The molecule has 2 heteroatoms. The van der Waals surface area contributed by atoms with Crippen LogP contribution in [0.4, 0.5) is 0 Å². The molecular weight excluding hydrogens is 202 g/mol. The van der Waals surface area contributed by atoms with E-state index in [1.54, 1.807) is 0 Å². The summed E-state index contributed by atoms with van der Waals surface area (Å²) in [7, 11) is 0. The number of thioether (sulfide) groups is 1. The van der Waals surface area contributed by atoms with Crippen LogP contribution in [-0.4, -0.2) is 23.1 Å². The summed E-state index contributed by atoms with van der Waals surface area (Å²) in [5.41, 5.74) is 0. The Bertz CT molecular complexity index is 159. The molecule has 0 amide bonds. The van der Waals surface area contributed by atoms with E-state index < -0.39 is 0 Å². The molecule has 0 aliphatic heterocycles. The van der Waals surface area contributed by atoms with Crippen molar-refractivity contribution < 1.29 is 0 Å². The number of rotatable bonds is 5. The molecule has 0 heterocycles. The zero-order valence-electron chi connectivity index (χ0n) is 10.6. The Morgan fingerprint density at radius 1 is 1.20 bits per heavy atom. The third kappa shape index (κ3) is 5.26. The van der Waals surface area contributed by atoms with Crippen LogP contribution in [0.1, 0.15) is 59.3 Å². The van der Waals surface area contributed by atoms with E-state index in [0.717, 1.165) is 16.5 Å². The first-order chi connectivity index (χ1) is 7.24. The summed E-state index contributed by atoms with van der Waals surface area (Å²) in [6.07, 6.45) is 8.38. The van der Waals surface area contributed by atoms with Crippen molar-refractivity contribution in [1.82, 2.24) is 5.32 Å². The molecule has 0 radical (unpaired) electrons. The van der Waals surface area contributed by atoms with Crippen LogP contribution in [0.3, 0.4) is 0 Å². The molecule has 1 saturated carbocycles. The molecule has 1 N–H and O–H groups in total. The molecule has 1 rings (SSSR count). The number of nitrogens with one attached hydrogen (secondary N) is 1. The van der Waals surface area contributed by atoms with Crippen molar-refractivity contribution in [1.29, 1.82) is 0 Å². The largest absolute Gasteiger partial charge is 0.313 e. The standard InChI is InChI=1S/C13H27NS/c1-4-10-14-12-8-6-5-7-9-13(12)15-11(2)3/h11-14H,4-10H2,1-3H3. The van der Waals surface area contributed by atoms with Crippen LogP contribution in [0.15, 0.2) is 0 Å². The summed E-state index contributed by atoms with van der Waals surface area (Å²) in [6, 6.07) is 0.778. The smallest absolute Gasteiger partial charge is 0.0203 e. The van der Waals surface area contributed by atoms with E-state index in [4.69, 9.17) is 0 Å². The van der Waals surface area contributed by atoms with Gasteiger partial charge in [-0.15, -0.1) is 0 Å². The predicted octanol–water partition coefficient (Wildman–Crippen LogP) is 3.83. The van der Waals surface area contributed by atoms with Crippen molar-refractivity contribution in [2.75, 3.05) is 6.54 Å². The van der Waals surface area contributed by atoms with E-state index in [-0.39, 0.29) is 0 Å². The molecule has 0 aromatic heterocycles. The minimum atomic E-state index is 0.777. The predicted molar refractivity (Wildman–Crippen MR) is 71.7 cm³/mol. The monoisotopic (exact) mass is 229 g/mol. The van der Waals surface area contributed by atoms with Gasteiger partial charge in [0.15, 0.2) is 0 Å². The Balaban J connectivity index is 2.43. The molecule has 15 heavy (non-hydrogen) atoms. The zero-order chi connectivity index (χ0) is 11.1. The maximum atomic E-state index is 3.75. The second kappa shape index (κ2) is 7.56. The van der Waals surface area contributed by atoms with Crippen LogP contribution in [0.2, 0.25) is 0 Å². The highest BCUT2D eigenvalue weighted by molar-refractivity contribution is 8.00. The van der Waals surface area contributed by atoms with Gasteiger partial charge in [0.05, 0.1) is 0 Å². The molecule has 0 bridgehead atoms. The van der Waals surface area contributed by atoms with Gasteiger partial charge in [-0.1, -0.05) is 40.0 Å². The van der Waals surface area contributed by atoms with Gasteiger partial charge in [-0.2, -0.15) is 11.8 Å². The highest BCUT2D eigenvalue weighted by Crippen LogP contribution is 2.30. The van der Waals surface area contributed by atoms with Crippen molar-refractivity contribution in [2.24, 2.45) is 0 Å². The average molecular weight is 229 g/mol. The van der Waals surface area contributed by atoms with Crippen molar-refractivity contribution >= 4 is 11.8 Å². The van der Waals surface area contributed by atoms with Gasteiger partial charge in [0.2, 0.25) is 0 Å². The van der Waals surface area contributed by atoms with Crippen LogP contribution in [0, 0.1) is 0 Å². The summed E-state index contributed by atoms with van der Waals surface area (Å²) >= 11 is 2.18. The fourth-order valence-electron chi connectivity index (χ4n) is 2.35. The Morgan fingerprint density at radius 2 is 1.93 bits per heavy atom. The molecule has 1 aliphatic rings. The van der Waals surface area contributed by atoms with E-state index >= 15 is 0 Å². The maximum Gasteiger partial charge on any atom is 0.0203 e. The van der Waals surface area contributed by atoms with Gasteiger partial charge in [0.1, 0.15) is 0 Å². The first kappa shape index (κ1) is 13.4. The molecule has 0 spiro atoms. The Kier molecular flexibility index (Phi) is 6.74. The van der Waals surface area contributed by atoms with Gasteiger partial charge in [-0.3, -0.25) is 0 Å². The molecule has 0 aromatic rings. The summed E-state index contributed by atoms with van der Waals surface area (Å²) in [6.45, 7) is 8.10. The second-order valence-electron chi connectivity index (χ2n) is 4.92. The van der Waals surface area contributed by atoms with E-state index in [1.807, 2.05) is 0 Å². The van der Waals surface area contributed by atoms with Gasteiger partial charge in [-0.25, -0.2) is 0 Å². The fraction of sp³-hybridized carbons (Fsp3) is 1.00. The van der Waals surface area contributed by atoms with Crippen molar-refractivity contribution in [2.45, 2.75) is 75.8 Å². The Morgan fingerprint density at radius 3 is 2.60 bits per heavy atom. The van der Waals surface area contributed by atoms with Gasteiger partial charge >= 0.3 is 0 Å². The maximum absolute atomic E-state index is 3.75. The molecule has 2 atom stereocenters. The van der Waals surface area contributed by atoms with Crippen LogP contribution in [-0.2, 0) is 0 Å². The van der Waals surface area contributed by atoms with Crippen LogP contribution < -0.4 is 5.32 Å². The lowest BCUT2D eigenvalue weighted by Gasteiger charge is -2.27. The lowest BCUT2D eigenvalue weighted by molar-refractivity contribution is 0.469. The SMILES string of the molecule is CCCNC1CCCCCC1SC(C)C. The van der Waals surface area contributed by atoms with Crippen molar-refractivity contribution in [3.8, 4) is 0 Å². The van der Waals surface area contributed by atoms with Gasteiger partial charge < -0.3 is 5.32 Å². The topological polar surface area (TPSA) is 12.0 Å². The number of hydrogen-bond donors (Lipinski definition) is 1. The van der Waals surface area contributed by atoms with E-state index in [9.17, 15) is 0 Å². The number of hydrogen-bond acceptors (Lipinski definition) is 2. The van der Waals surface area contributed by atoms with Crippen LogP contribution in [0.5, 0.6) is 0 Å². The first-order valence-corrected chi connectivity index (χ1v) is 7.57. The highest BCUT2D eigenvalue weighted by Gasteiger charge is 2.23. The van der Waals surface area contributed by atoms with Crippen LogP contribution in [0.25, 0.3) is 0 Å². The van der Waals surface area contributed by atoms with E-state index in [0.29, 0.717) is 0 Å². The molecular formula is C13H27NS. The molecule has 0 aromatic carbocycles. The minimum Gasteiger partial charge on any atom is -0.313 e. The summed E-state index contributed by atoms with van der Waals surface area (Å²) in [4.78, 5) is 0. The Labute approximate surface area is 99.8 Å². The molecule has 1 aliphatic carbocycles. The molecule has 0 saturated heterocycles. The first-order valence-electron chi connectivity index (χ1n) is 6.63. The quantitative estimate of drug-likeness (QED) is 0.719. The average Bonchev–Trinajstić information content (AvgIpc) is 2.40. The van der Waals surface area contributed by atoms with Gasteiger partial charge in [-0.05, 0) is 31.1 Å². The second-order valence-corrected chi connectivity index (χ2v) is 6.74. The minimum absolute atomic E-state index is 0.777. The van der Waals surface area contributed by atoms with Crippen LogP contribution >= 0.6 is 11.8 Å². The zero-order valence-corrected chi connectivity index (χ0v) is 11.4. The van der Waals surface area contributed by atoms with Crippen molar-refractivity contribution in [3.05, 3.63) is 0 Å². The summed E-state index contributed by atoms with van der Waals surface area (Å²) in [5, 5.41) is 5.38. The van der Waals surface area contributed by atoms with Gasteiger partial charge in [0.25, 0.3) is 0 Å². The van der Waals surface area contributed by atoms with E-state index in [2.05, 4.69) is 37.8 Å². The van der Waals surface area contributed by atoms with Gasteiger partial charge in [0, 0.05) is 11.3 Å². The molecule has 2 unspecified atom stereocenters. The van der Waals surface area contributed by atoms with E-state index in [1.165, 1.54) is 45.1 Å². The molecule has 1 nitrogen and oxygen atoms in total. The lowest BCUT2D eigenvalue weighted by Crippen LogP contribution is -2.38.